The van der Waals surface area contributed by atoms with Crippen LogP contribution in [-0.2, 0) is 0 Å². The van der Waals surface area contributed by atoms with Crippen molar-refractivity contribution >= 4 is 0 Å². The molecule has 2 aliphatic rings. The fraction of sp³-hybridized carbons (Fsp3) is 1.00. The molecule has 2 saturated carbocycles. The minimum Gasteiger partial charge on any atom is -0.0654 e. The van der Waals surface area contributed by atoms with Crippen LogP contribution in [0.15, 0.2) is 0 Å². The number of hydrogen-bond acceptors (Lipinski definition) is 0. The molecule has 30 heavy (non-hydrogen) atoms. The van der Waals surface area contributed by atoms with Crippen molar-refractivity contribution < 1.29 is 0 Å². The van der Waals surface area contributed by atoms with Crippen molar-refractivity contribution in [2.24, 2.45) is 29.6 Å². The highest BCUT2D eigenvalue weighted by atomic mass is 14.4. The number of hydrogen-bond donors (Lipinski definition) is 0. The molecule has 5 unspecified atom stereocenters. The zero-order chi connectivity index (χ0) is 21.4. The Morgan fingerprint density at radius 2 is 1.10 bits per heavy atom. The zero-order valence-corrected chi connectivity index (χ0v) is 21.4. The van der Waals surface area contributed by atoms with Gasteiger partial charge in [-0.1, -0.05) is 143 Å². The average molecular weight is 419 g/mol. The smallest absolute Gasteiger partial charge is 0.0383 e. The van der Waals surface area contributed by atoms with Gasteiger partial charge < -0.3 is 0 Å². The van der Waals surface area contributed by atoms with Crippen molar-refractivity contribution in [3.05, 3.63) is 0 Å². The predicted molar refractivity (Wildman–Crippen MR) is 136 cm³/mol. The van der Waals surface area contributed by atoms with Crippen LogP contribution < -0.4 is 0 Å². The molecular formula is C30H58. The van der Waals surface area contributed by atoms with Crippen LogP contribution >= 0.6 is 0 Å². The lowest BCUT2D eigenvalue weighted by molar-refractivity contribution is 0.116. The molecule has 0 bridgehead atoms. The summed E-state index contributed by atoms with van der Waals surface area (Å²) in [5.41, 5.74) is 0. The molecule has 0 saturated heterocycles. The summed E-state index contributed by atoms with van der Waals surface area (Å²) in [6, 6.07) is 0. The van der Waals surface area contributed by atoms with Gasteiger partial charge in [-0.3, -0.25) is 0 Å². The van der Waals surface area contributed by atoms with E-state index >= 15 is 0 Å². The summed E-state index contributed by atoms with van der Waals surface area (Å²) in [4.78, 5) is 0. The molecule has 178 valence electrons. The maximum absolute atomic E-state index is 2.47. The summed E-state index contributed by atoms with van der Waals surface area (Å²) < 4.78 is 0. The van der Waals surface area contributed by atoms with Gasteiger partial charge in [-0.15, -0.1) is 0 Å². The van der Waals surface area contributed by atoms with Crippen molar-refractivity contribution in [2.45, 2.75) is 162 Å². The van der Waals surface area contributed by atoms with E-state index in [0.29, 0.717) is 0 Å². The fourth-order valence-electron chi connectivity index (χ4n) is 7.13. The average Bonchev–Trinajstić information content (AvgIpc) is 2.78. The van der Waals surface area contributed by atoms with Crippen LogP contribution in [0.3, 0.4) is 0 Å². The van der Waals surface area contributed by atoms with Crippen molar-refractivity contribution in [3.8, 4) is 0 Å². The standard InChI is InChI=1S/C30H58/c1-4-7-14-18-26-19-15-12-10-8-9-11-13-16-21-29(22-17-20-26)30-24-23-27(5-2)28(6-3)25-30/h26-30H,4-25H2,1-3H3. The van der Waals surface area contributed by atoms with Gasteiger partial charge in [-0.25, -0.2) is 0 Å². The molecule has 0 aromatic heterocycles. The van der Waals surface area contributed by atoms with E-state index in [2.05, 4.69) is 20.8 Å². The maximum Gasteiger partial charge on any atom is -0.0383 e. The van der Waals surface area contributed by atoms with Crippen molar-refractivity contribution in [1.82, 2.24) is 0 Å². The van der Waals surface area contributed by atoms with E-state index in [4.69, 9.17) is 0 Å². The Hall–Kier alpha value is 0. The first-order valence-corrected chi connectivity index (χ1v) is 14.8. The molecule has 0 aromatic carbocycles. The van der Waals surface area contributed by atoms with Crippen molar-refractivity contribution in [1.29, 1.82) is 0 Å². The lowest BCUT2D eigenvalue weighted by atomic mass is 9.66. The van der Waals surface area contributed by atoms with Crippen LogP contribution in [0.5, 0.6) is 0 Å². The molecule has 0 aliphatic heterocycles. The van der Waals surface area contributed by atoms with Gasteiger partial charge in [0.2, 0.25) is 0 Å². The molecule has 0 amide bonds. The first-order chi connectivity index (χ1) is 14.8. The van der Waals surface area contributed by atoms with E-state index in [9.17, 15) is 0 Å². The molecule has 2 fully saturated rings. The van der Waals surface area contributed by atoms with Crippen LogP contribution in [0, 0.1) is 29.6 Å². The summed E-state index contributed by atoms with van der Waals surface area (Å²) in [5.74, 6) is 5.23. The van der Waals surface area contributed by atoms with Gasteiger partial charge in [0.15, 0.2) is 0 Å². The summed E-state index contributed by atoms with van der Waals surface area (Å²) in [6.45, 7) is 7.27. The molecule has 2 rings (SSSR count). The maximum atomic E-state index is 2.47. The van der Waals surface area contributed by atoms with E-state index < -0.39 is 0 Å². The second kappa shape index (κ2) is 16.6. The summed E-state index contributed by atoms with van der Waals surface area (Å²) >= 11 is 0. The van der Waals surface area contributed by atoms with Crippen molar-refractivity contribution in [3.63, 3.8) is 0 Å². The monoisotopic (exact) mass is 418 g/mol. The quantitative estimate of drug-likeness (QED) is 0.360. The molecule has 0 radical (unpaired) electrons. The lowest BCUT2D eigenvalue weighted by Gasteiger charge is -2.39. The molecule has 0 spiro atoms. The van der Waals surface area contributed by atoms with Gasteiger partial charge in [0, 0.05) is 0 Å². The Kier molecular flexibility index (Phi) is 14.5. The Morgan fingerprint density at radius 1 is 0.500 bits per heavy atom. The first kappa shape index (κ1) is 26.3. The van der Waals surface area contributed by atoms with Gasteiger partial charge in [0.1, 0.15) is 0 Å². The van der Waals surface area contributed by atoms with Gasteiger partial charge in [-0.2, -0.15) is 0 Å². The Balaban J connectivity index is 1.91. The highest BCUT2D eigenvalue weighted by molar-refractivity contribution is 4.83. The third-order valence-corrected chi connectivity index (χ3v) is 9.24. The molecule has 0 N–H and O–H groups in total. The van der Waals surface area contributed by atoms with E-state index in [1.54, 1.807) is 32.1 Å². The van der Waals surface area contributed by atoms with Crippen LogP contribution in [0.1, 0.15) is 162 Å². The highest BCUT2D eigenvalue weighted by Crippen LogP contribution is 2.43. The summed E-state index contributed by atoms with van der Waals surface area (Å²) in [6.07, 6.45) is 33.2. The molecule has 0 heteroatoms. The second-order valence-corrected chi connectivity index (χ2v) is 11.4. The third-order valence-electron chi connectivity index (χ3n) is 9.24. The SMILES string of the molecule is CCCCCC1CCCCCCCCCCC(C2CCC(CC)C(CC)C2)CCC1. The topological polar surface area (TPSA) is 0 Å². The Bertz CT molecular complexity index is 385. The van der Waals surface area contributed by atoms with Gasteiger partial charge in [0.25, 0.3) is 0 Å². The van der Waals surface area contributed by atoms with Gasteiger partial charge >= 0.3 is 0 Å². The molecule has 0 nitrogen and oxygen atoms in total. The zero-order valence-electron chi connectivity index (χ0n) is 21.4. The van der Waals surface area contributed by atoms with Gasteiger partial charge in [-0.05, 0) is 48.9 Å². The molecule has 2 aliphatic carbocycles. The Morgan fingerprint density at radius 3 is 1.77 bits per heavy atom. The fourth-order valence-corrected chi connectivity index (χ4v) is 7.13. The molecule has 5 atom stereocenters. The minimum atomic E-state index is 1.03. The Labute approximate surface area is 191 Å². The van der Waals surface area contributed by atoms with E-state index in [1.807, 2.05) is 0 Å². The van der Waals surface area contributed by atoms with E-state index in [-0.39, 0.29) is 0 Å². The second-order valence-electron chi connectivity index (χ2n) is 11.4. The largest absolute Gasteiger partial charge is 0.0654 e. The highest BCUT2D eigenvalue weighted by Gasteiger charge is 2.32. The number of rotatable bonds is 7. The number of unbranched alkanes of at least 4 members (excludes halogenated alkanes) is 2. The van der Waals surface area contributed by atoms with E-state index in [1.165, 1.54) is 109 Å². The van der Waals surface area contributed by atoms with E-state index in [0.717, 1.165) is 29.6 Å². The lowest BCUT2D eigenvalue weighted by Crippen LogP contribution is -2.28. The van der Waals surface area contributed by atoms with Crippen LogP contribution in [-0.4, -0.2) is 0 Å². The van der Waals surface area contributed by atoms with Gasteiger partial charge in [0.05, 0.1) is 0 Å². The normalized spacial score (nSPS) is 33.5. The molecule has 0 aromatic rings. The predicted octanol–water partition coefficient (Wildman–Crippen LogP) is 10.7. The van der Waals surface area contributed by atoms with Crippen LogP contribution in [0.25, 0.3) is 0 Å². The molecular weight excluding hydrogens is 360 g/mol. The first-order valence-electron chi connectivity index (χ1n) is 14.8. The van der Waals surface area contributed by atoms with Crippen LogP contribution in [0.2, 0.25) is 0 Å². The van der Waals surface area contributed by atoms with Crippen molar-refractivity contribution in [2.75, 3.05) is 0 Å². The summed E-state index contributed by atoms with van der Waals surface area (Å²) in [5, 5.41) is 0. The van der Waals surface area contributed by atoms with Crippen LogP contribution in [0.4, 0.5) is 0 Å². The molecule has 0 heterocycles. The third kappa shape index (κ3) is 10.1. The minimum absolute atomic E-state index is 1.03. The summed E-state index contributed by atoms with van der Waals surface area (Å²) in [7, 11) is 0.